The summed E-state index contributed by atoms with van der Waals surface area (Å²) in [7, 11) is 0. The summed E-state index contributed by atoms with van der Waals surface area (Å²) in [5, 5.41) is 132. The van der Waals surface area contributed by atoms with E-state index in [0.29, 0.717) is 12.8 Å². The van der Waals surface area contributed by atoms with Crippen LogP contribution in [0.15, 0.2) is 12.2 Å². The number of allylic oxidation sites excluding steroid dienone is 1. The van der Waals surface area contributed by atoms with Crippen LogP contribution in [-0.2, 0) is 38.0 Å². The highest BCUT2D eigenvalue weighted by Gasteiger charge is 2.59. The van der Waals surface area contributed by atoms with Crippen molar-refractivity contribution >= 4 is 11.9 Å². The van der Waals surface area contributed by atoms with Crippen LogP contribution >= 0.6 is 0 Å². The van der Waals surface area contributed by atoms with Gasteiger partial charge in [-0.05, 0) is 19.3 Å². The number of nitrogens with one attached hydrogen (secondary N) is 1. The van der Waals surface area contributed by atoms with Crippen LogP contribution in [0.1, 0.15) is 200 Å². The highest BCUT2D eigenvalue weighted by molar-refractivity contribution is 5.76. The standard InChI is InChI=1S/C57H106N2O20/c1-3-5-7-9-11-13-15-17-18-20-22-24-26-28-30-32-44(66)59-38(39(63)31-29-27-25-23-21-19-16-14-12-10-8-6-4-2)37-74-54-49(70)48(69)51(43(36-62)76-54)77-55-50(71)53(47(68)42(35-61)75-55)79-57(56(72)73)33-40(64)45(58)52(78-57)46(67)41(65)34-60/h29,31,38-43,45-55,60-65,67-71H,3-28,30,32-37,58H2,1-2H3,(H,59,66)(H,72,73)/b31-29+/t38-,39+,40-,41+,42+,43+,45+,46+,47-,48+,49+,50+,51+,52+,53-,54+,55-,57-/m0/s1. The zero-order chi connectivity index (χ0) is 58.2. The van der Waals surface area contributed by atoms with Crippen LogP contribution < -0.4 is 11.1 Å². The molecule has 0 bridgehead atoms. The molecule has 464 valence electrons. The number of carboxylic acids is 1. The van der Waals surface area contributed by atoms with Crippen molar-refractivity contribution in [1.82, 2.24) is 5.32 Å². The Balaban J connectivity index is 1.63. The molecule has 3 aliphatic rings. The summed E-state index contributed by atoms with van der Waals surface area (Å²) in [6, 6.07) is -2.54. The summed E-state index contributed by atoms with van der Waals surface area (Å²) in [4.78, 5) is 26.1. The van der Waals surface area contributed by atoms with Crippen LogP contribution in [0, 0.1) is 0 Å². The molecule has 0 spiro atoms. The summed E-state index contributed by atoms with van der Waals surface area (Å²) < 4.78 is 34.5. The Morgan fingerprint density at radius 2 is 1.14 bits per heavy atom. The maximum absolute atomic E-state index is 13.3. The first-order valence-corrected chi connectivity index (χ1v) is 30.2. The van der Waals surface area contributed by atoms with Gasteiger partial charge in [0.05, 0.1) is 50.7 Å². The topological polar surface area (TPSA) is 370 Å². The molecule has 3 fully saturated rings. The molecule has 3 aliphatic heterocycles. The highest BCUT2D eigenvalue weighted by Crippen LogP contribution is 2.38. The lowest BCUT2D eigenvalue weighted by Crippen LogP contribution is -2.70. The van der Waals surface area contributed by atoms with Crippen LogP contribution in [0.4, 0.5) is 0 Å². The van der Waals surface area contributed by atoms with Gasteiger partial charge in [-0.3, -0.25) is 4.79 Å². The Morgan fingerprint density at radius 1 is 0.646 bits per heavy atom. The first-order valence-electron chi connectivity index (χ1n) is 30.2. The lowest BCUT2D eigenvalue weighted by molar-refractivity contribution is -0.386. The largest absolute Gasteiger partial charge is 0.477 e. The normalized spacial score (nSPS) is 31.0. The molecule has 15 N–H and O–H groups in total. The number of hydrogen-bond acceptors (Lipinski definition) is 20. The maximum Gasteiger partial charge on any atom is 0.364 e. The van der Waals surface area contributed by atoms with Gasteiger partial charge >= 0.3 is 5.97 Å². The van der Waals surface area contributed by atoms with Gasteiger partial charge in [0.1, 0.15) is 67.1 Å². The quantitative estimate of drug-likeness (QED) is 0.0308. The SMILES string of the molecule is CCCCCCCCCCCCC/C=C/[C@@H](O)[C@H](CO[C@@H]1O[C@H](CO)[C@@H](O[C@@H]2O[C@H](CO)[C@H](O)[C@H](O[C@]3(C(=O)O)C[C@H](O)[C@@H](N)[C@H]([C@H](O)[C@H](O)CO)O3)[C@H]2O)[C@H](O)[C@H]1O)NC(=O)CCCCCCCCCCCCCCCCC. The van der Waals surface area contributed by atoms with E-state index in [4.69, 9.17) is 34.2 Å². The van der Waals surface area contributed by atoms with Crippen molar-refractivity contribution in [3.05, 3.63) is 12.2 Å². The number of rotatable bonds is 44. The molecule has 0 aromatic carbocycles. The molecule has 3 saturated heterocycles. The van der Waals surface area contributed by atoms with Crippen LogP contribution in [-0.4, -0.2) is 209 Å². The zero-order valence-corrected chi connectivity index (χ0v) is 47.5. The Bertz CT molecular complexity index is 1620. The van der Waals surface area contributed by atoms with Crippen LogP contribution in [0.2, 0.25) is 0 Å². The summed E-state index contributed by atoms with van der Waals surface area (Å²) in [6.07, 6.45) is 6.59. The monoisotopic (exact) mass is 1140 g/mol. The second-order valence-electron chi connectivity index (χ2n) is 22.3. The van der Waals surface area contributed by atoms with Crippen LogP contribution in [0.5, 0.6) is 0 Å². The van der Waals surface area contributed by atoms with Crippen molar-refractivity contribution in [1.29, 1.82) is 0 Å². The van der Waals surface area contributed by atoms with Crippen molar-refractivity contribution in [2.75, 3.05) is 26.4 Å². The summed E-state index contributed by atoms with van der Waals surface area (Å²) in [6.45, 7) is 1.17. The minimum absolute atomic E-state index is 0.213. The second kappa shape index (κ2) is 40.3. The average Bonchev–Trinajstić information content (AvgIpc) is 3.51. The molecule has 0 aromatic heterocycles. The fraction of sp³-hybridized carbons (Fsp3) is 0.930. The second-order valence-corrected chi connectivity index (χ2v) is 22.3. The van der Waals surface area contributed by atoms with E-state index in [1.165, 1.54) is 116 Å². The van der Waals surface area contributed by atoms with E-state index in [1.54, 1.807) is 6.08 Å². The molecular formula is C57H106N2O20. The van der Waals surface area contributed by atoms with Crippen molar-refractivity contribution in [2.45, 2.75) is 310 Å². The van der Waals surface area contributed by atoms with Crippen molar-refractivity contribution in [3.63, 3.8) is 0 Å². The number of carbonyl (C=O) groups is 2. The van der Waals surface area contributed by atoms with Gasteiger partial charge in [0, 0.05) is 12.8 Å². The third-order valence-corrected chi connectivity index (χ3v) is 15.6. The van der Waals surface area contributed by atoms with E-state index in [-0.39, 0.29) is 12.3 Å². The molecule has 0 unspecified atom stereocenters. The van der Waals surface area contributed by atoms with Gasteiger partial charge in [0.25, 0.3) is 5.79 Å². The molecule has 0 radical (unpaired) electrons. The number of aliphatic carboxylic acids is 1. The summed E-state index contributed by atoms with van der Waals surface area (Å²) in [5.41, 5.74) is 5.97. The fourth-order valence-electron chi connectivity index (χ4n) is 10.6. The number of unbranched alkanes of at least 4 members (excludes halogenated alkanes) is 25. The number of carbonyl (C=O) groups excluding carboxylic acids is 1. The molecule has 18 atom stereocenters. The molecule has 22 nitrogen and oxygen atoms in total. The number of hydrogen-bond donors (Lipinski definition) is 14. The number of nitrogens with two attached hydrogens (primary N) is 1. The maximum atomic E-state index is 13.3. The van der Waals surface area contributed by atoms with Gasteiger partial charge in [-0.15, -0.1) is 0 Å². The molecule has 22 heteroatoms. The Kier molecular flexibility index (Phi) is 36.3. The van der Waals surface area contributed by atoms with E-state index in [2.05, 4.69) is 19.2 Å². The van der Waals surface area contributed by atoms with Gasteiger partial charge in [0.2, 0.25) is 5.91 Å². The summed E-state index contributed by atoms with van der Waals surface area (Å²) >= 11 is 0. The minimum Gasteiger partial charge on any atom is -0.477 e. The van der Waals surface area contributed by atoms with E-state index >= 15 is 0 Å². The zero-order valence-electron chi connectivity index (χ0n) is 47.5. The smallest absolute Gasteiger partial charge is 0.364 e. The van der Waals surface area contributed by atoms with Gasteiger partial charge in [0.15, 0.2) is 12.6 Å². The van der Waals surface area contributed by atoms with Crippen molar-refractivity contribution in [3.8, 4) is 0 Å². The van der Waals surface area contributed by atoms with E-state index < -0.39 is 149 Å². The van der Waals surface area contributed by atoms with Crippen LogP contribution in [0.3, 0.4) is 0 Å². The predicted molar refractivity (Wildman–Crippen MR) is 292 cm³/mol. The number of aliphatic hydroxyl groups is 11. The Morgan fingerprint density at radius 3 is 1.63 bits per heavy atom. The molecule has 0 aromatic rings. The van der Waals surface area contributed by atoms with E-state index in [1.807, 2.05) is 6.08 Å². The van der Waals surface area contributed by atoms with Crippen molar-refractivity contribution in [2.24, 2.45) is 5.73 Å². The molecule has 3 heterocycles. The molecule has 1 amide bonds. The van der Waals surface area contributed by atoms with Gasteiger partial charge < -0.3 is 101 Å². The first-order chi connectivity index (χ1) is 38.0. The average molecular weight is 1140 g/mol. The fourth-order valence-corrected chi connectivity index (χ4v) is 10.6. The predicted octanol–water partition coefficient (Wildman–Crippen LogP) is 2.99. The molecule has 0 aliphatic carbocycles. The van der Waals surface area contributed by atoms with Gasteiger partial charge in [-0.2, -0.15) is 0 Å². The third kappa shape index (κ3) is 24.6. The lowest BCUT2D eigenvalue weighted by Gasteiger charge is -2.50. The third-order valence-electron chi connectivity index (χ3n) is 15.6. The van der Waals surface area contributed by atoms with Crippen LogP contribution in [0.25, 0.3) is 0 Å². The molecule has 79 heavy (non-hydrogen) atoms. The Labute approximate surface area is 469 Å². The number of carboxylic acid groups (broad SMARTS) is 1. The highest BCUT2D eigenvalue weighted by atomic mass is 16.8. The minimum atomic E-state index is -2.99. The first kappa shape index (κ1) is 71.2. The van der Waals surface area contributed by atoms with E-state index in [9.17, 15) is 70.9 Å². The molecular weight excluding hydrogens is 1030 g/mol. The van der Waals surface area contributed by atoms with Crippen molar-refractivity contribution < 1.29 is 99.3 Å². The number of aliphatic hydroxyl groups excluding tert-OH is 11. The number of amides is 1. The molecule has 0 saturated carbocycles. The molecule has 3 rings (SSSR count). The summed E-state index contributed by atoms with van der Waals surface area (Å²) in [5.74, 6) is -5.24. The van der Waals surface area contributed by atoms with E-state index in [0.717, 1.165) is 44.9 Å². The van der Waals surface area contributed by atoms with Gasteiger partial charge in [-0.1, -0.05) is 180 Å². The van der Waals surface area contributed by atoms with Gasteiger partial charge in [-0.25, -0.2) is 4.79 Å². The Hall–Kier alpha value is -2.04. The number of ether oxygens (including phenoxy) is 6. The lowest BCUT2D eigenvalue weighted by atomic mass is 9.88.